The molecule has 1 saturated carbocycles. The molecule has 18 heavy (non-hydrogen) atoms. The highest BCUT2D eigenvalue weighted by molar-refractivity contribution is 5.92. The summed E-state index contributed by atoms with van der Waals surface area (Å²) in [4.78, 5) is 11.9. The standard InChI is InChI=1S/C15H21NO2/c1-2-11-18-14-9-7-13(8-10-14)16-15(17)12-5-3-4-6-12/h7-10,12H,2-6,11H2,1H3,(H,16,17). The first-order chi connectivity index (χ1) is 8.79. The maximum atomic E-state index is 11.9. The fourth-order valence-corrected chi connectivity index (χ4v) is 2.29. The van der Waals surface area contributed by atoms with E-state index in [2.05, 4.69) is 12.2 Å². The van der Waals surface area contributed by atoms with Crippen LogP contribution >= 0.6 is 0 Å². The van der Waals surface area contributed by atoms with Gasteiger partial charge in [0.05, 0.1) is 6.61 Å². The van der Waals surface area contributed by atoms with Crippen LogP contribution in [0.1, 0.15) is 39.0 Å². The summed E-state index contributed by atoms with van der Waals surface area (Å²) in [5.41, 5.74) is 0.857. The Balaban J connectivity index is 1.87. The van der Waals surface area contributed by atoms with Gasteiger partial charge in [-0.05, 0) is 43.5 Å². The van der Waals surface area contributed by atoms with Crippen LogP contribution in [-0.4, -0.2) is 12.5 Å². The molecule has 0 aliphatic heterocycles. The summed E-state index contributed by atoms with van der Waals surface area (Å²) >= 11 is 0. The number of nitrogens with one attached hydrogen (secondary N) is 1. The van der Waals surface area contributed by atoms with Crippen molar-refractivity contribution in [2.24, 2.45) is 5.92 Å². The quantitative estimate of drug-likeness (QED) is 0.863. The molecule has 98 valence electrons. The van der Waals surface area contributed by atoms with Crippen LogP contribution in [0, 0.1) is 5.92 Å². The van der Waals surface area contributed by atoms with Crippen molar-refractivity contribution in [3.63, 3.8) is 0 Å². The van der Waals surface area contributed by atoms with E-state index >= 15 is 0 Å². The molecular weight excluding hydrogens is 226 g/mol. The zero-order valence-electron chi connectivity index (χ0n) is 10.9. The van der Waals surface area contributed by atoms with E-state index in [9.17, 15) is 4.79 Å². The maximum absolute atomic E-state index is 11.9. The van der Waals surface area contributed by atoms with Gasteiger partial charge in [-0.15, -0.1) is 0 Å². The van der Waals surface area contributed by atoms with Crippen molar-refractivity contribution in [1.82, 2.24) is 0 Å². The SMILES string of the molecule is CCCOc1ccc(NC(=O)C2CCCC2)cc1. The van der Waals surface area contributed by atoms with Crippen LogP contribution in [0.2, 0.25) is 0 Å². The summed E-state index contributed by atoms with van der Waals surface area (Å²) < 4.78 is 5.50. The first kappa shape index (κ1) is 12.9. The van der Waals surface area contributed by atoms with Crippen LogP contribution < -0.4 is 10.1 Å². The number of ether oxygens (including phenoxy) is 1. The summed E-state index contributed by atoms with van der Waals surface area (Å²) in [6, 6.07) is 7.61. The minimum atomic E-state index is 0.162. The summed E-state index contributed by atoms with van der Waals surface area (Å²) in [6.45, 7) is 2.81. The second-order valence-corrected chi connectivity index (χ2v) is 4.84. The Bertz CT molecular complexity index is 380. The van der Waals surface area contributed by atoms with Crippen LogP contribution in [0.3, 0.4) is 0 Å². The molecule has 3 heteroatoms. The number of hydrogen-bond acceptors (Lipinski definition) is 2. The molecule has 0 unspecified atom stereocenters. The zero-order valence-corrected chi connectivity index (χ0v) is 10.9. The molecule has 1 aromatic carbocycles. The van der Waals surface area contributed by atoms with E-state index in [1.807, 2.05) is 24.3 Å². The van der Waals surface area contributed by atoms with Crippen LogP contribution in [0.5, 0.6) is 5.75 Å². The number of carbonyl (C=O) groups is 1. The predicted molar refractivity (Wildman–Crippen MR) is 72.8 cm³/mol. The number of hydrogen-bond donors (Lipinski definition) is 1. The van der Waals surface area contributed by atoms with Gasteiger partial charge in [0.25, 0.3) is 0 Å². The van der Waals surface area contributed by atoms with Gasteiger partial charge in [0.2, 0.25) is 5.91 Å². The molecule has 0 radical (unpaired) electrons. The highest BCUT2D eigenvalue weighted by atomic mass is 16.5. The Kier molecular flexibility index (Phi) is 4.62. The molecule has 3 nitrogen and oxygen atoms in total. The first-order valence-electron chi connectivity index (χ1n) is 6.83. The van der Waals surface area contributed by atoms with Crippen molar-refractivity contribution in [2.45, 2.75) is 39.0 Å². The molecule has 1 aliphatic rings. The van der Waals surface area contributed by atoms with Crippen molar-refractivity contribution >= 4 is 11.6 Å². The third-order valence-corrected chi connectivity index (χ3v) is 3.32. The largest absolute Gasteiger partial charge is 0.494 e. The summed E-state index contributed by atoms with van der Waals surface area (Å²) in [7, 11) is 0. The highest BCUT2D eigenvalue weighted by Crippen LogP contribution is 2.26. The van der Waals surface area contributed by atoms with Crippen molar-refractivity contribution < 1.29 is 9.53 Å². The van der Waals surface area contributed by atoms with Crippen molar-refractivity contribution in [3.05, 3.63) is 24.3 Å². The molecule has 1 N–H and O–H groups in total. The second kappa shape index (κ2) is 6.43. The van der Waals surface area contributed by atoms with Gasteiger partial charge in [-0.25, -0.2) is 0 Å². The third-order valence-electron chi connectivity index (χ3n) is 3.32. The number of anilines is 1. The lowest BCUT2D eigenvalue weighted by atomic mass is 10.1. The fourth-order valence-electron chi connectivity index (χ4n) is 2.29. The van der Waals surface area contributed by atoms with Crippen molar-refractivity contribution in [2.75, 3.05) is 11.9 Å². The lowest BCUT2D eigenvalue weighted by molar-refractivity contribution is -0.119. The van der Waals surface area contributed by atoms with Crippen LogP contribution in [0.4, 0.5) is 5.69 Å². The van der Waals surface area contributed by atoms with Gasteiger partial charge in [-0.3, -0.25) is 4.79 Å². The molecule has 0 spiro atoms. The highest BCUT2D eigenvalue weighted by Gasteiger charge is 2.22. The topological polar surface area (TPSA) is 38.3 Å². The molecule has 0 aromatic heterocycles. The molecule has 1 fully saturated rings. The molecule has 1 amide bonds. The molecular formula is C15H21NO2. The van der Waals surface area contributed by atoms with Gasteiger partial charge in [0.15, 0.2) is 0 Å². The van der Waals surface area contributed by atoms with Crippen molar-refractivity contribution in [1.29, 1.82) is 0 Å². The average Bonchev–Trinajstić information content (AvgIpc) is 2.92. The van der Waals surface area contributed by atoms with Crippen LogP contribution in [0.25, 0.3) is 0 Å². The van der Waals surface area contributed by atoms with E-state index in [-0.39, 0.29) is 11.8 Å². The van der Waals surface area contributed by atoms with Crippen LogP contribution in [0.15, 0.2) is 24.3 Å². The minimum absolute atomic E-state index is 0.162. The van der Waals surface area contributed by atoms with Gasteiger partial charge >= 0.3 is 0 Å². The van der Waals surface area contributed by atoms with Gasteiger partial charge in [0.1, 0.15) is 5.75 Å². The minimum Gasteiger partial charge on any atom is -0.494 e. The average molecular weight is 247 g/mol. The lowest BCUT2D eigenvalue weighted by Crippen LogP contribution is -2.20. The number of rotatable bonds is 5. The van der Waals surface area contributed by atoms with Gasteiger partial charge in [0, 0.05) is 11.6 Å². The zero-order chi connectivity index (χ0) is 12.8. The second-order valence-electron chi connectivity index (χ2n) is 4.84. The van der Waals surface area contributed by atoms with Gasteiger partial charge in [-0.1, -0.05) is 19.8 Å². The maximum Gasteiger partial charge on any atom is 0.227 e. The molecule has 1 aliphatic carbocycles. The summed E-state index contributed by atoms with van der Waals surface area (Å²) in [5.74, 6) is 1.23. The van der Waals surface area contributed by atoms with E-state index in [0.29, 0.717) is 0 Å². The molecule has 0 bridgehead atoms. The number of benzene rings is 1. The monoisotopic (exact) mass is 247 g/mol. The molecule has 0 saturated heterocycles. The van der Waals surface area contributed by atoms with Crippen molar-refractivity contribution in [3.8, 4) is 5.75 Å². The molecule has 0 atom stereocenters. The predicted octanol–water partition coefficient (Wildman–Crippen LogP) is 3.60. The van der Waals surface area contributed by atoms with Gasteiger partial charge in [-0.2, -0.15) is 0 Å². The molecule has 2 rings (SSSR count). The number of carbonyl (C=O) groups excluding carboxylic acids is 1. The Labute approximate surface area is 109 Å². The smallest absolute Gasteiger partial charge is 0.227 e. The van der Waals surface area contributed by atoms with Crippen LogP contribution in [-0.2, 0) is 4.79 Å². The van der Waals surface area contributed by atoms with E-state index in [1.54, 1.807) is 0 Å². The molecule has 1 aromatic rings. The summed E-state index contributed by atoms with van der Waals surface area (Å²) in [5, 5.41) is 2.97. The van der Waals surface area contributed by atoms with E-state index < -0.39 is 0 Å². The lowest BCUT2D eigenvalue weighted by Gasteiger charge is -2.11. The Hall–Kier alpha value is -1.51. The van der Waals surface area contributed by atoms with Gasteiger partial charge < -0.3 is 10.1 Å². The Morgan fingerprint density at radius 1 is 1.28 bits per heavy atom. The van der Waals surface area contributed by atoms with E-state index in [0.717, 1.165) is 37.3 Å². The van der Waals surface area contributed by atoms with E-state index in [4.69, 9.17) is 4.74 Å². The fraction of sp³-hybridized carbons (Fsp3) is 0.533. The Morgan fingerprint density at radius 3 is 2.56 bits per heavy atom. The van der Waals surface area contributed by atoms with E-state index in [1.165, 1.54) is 12.8 Å². The first-order valence-corrected chi connectivity index (χ1v) is 6.83. The Morgan fingerprint density at radius 2 is 1.94 bits per heavy atom. The number of amides is 1. The summed E-state index contributed by atoms with van der Waals surface area (Å²) in [6.07, 6.45) is 5.43. The third kappa shape index (κ3) is 3.49. The normalized spacial score (nSPS) is 15.6. The molecule has 0 heterocycles.